The summed E-state index contributed by atoms with van der Waals surface area (Å²) in [5.41, 5.74) is 2.88. The number of ketones is 1. The molecule has 0 spiro atoms. The highest BCUT2D eigenvalue weighted by Crippen LogP contribution is 2.48. The lowest BCUT2D eigenvalue weighted by molar-refractivity contribution is -0.143. The highest BCUT2D eigenvalue weighted by molar-refractivity contribution is 9.10. The summed E-state index contributed by atoms with van der Waals surface area (Å²) in [6.45, 7) is 1.97. The lowest BCUT2D eigenvalue weighted by Crippen LogP contribution is -2.37. The summed E-state index contributed by atoms with van der Waals surface area (Å²) in [4.78, 5) is 29.9. The zero-order valence-electron chi connectivity index (χ0n) is 14.5. The minimum Gasteiger partial charge on any atom is -0.468 e. The van der Waals surface area contributed by atoms with Gasteiger partial charge in [-0.3, -0.25) is 14.6 Å². The quantitative estimate of drug-likeness (QED) is 0.685. The normalized spacial score (nSPS) is 24.3. The maximum atomic E-state index is 12.8. The monoisotopic (exact) mass is 419 g/mol. The molecule has 1 aliphatic carbocycles. The maximum Gasteiger partial charge on any atom is 0.315 e. The van der Waals surface area contributed by atoms with Gasteiger partial charge in [0.25, 0.3) is 0 Å². The molecule has 3 aliphatic rings. The molecular formula is C19H18BrNO5. The first kappa shape index (κ1) is 17.3. The molecule has 4 rings (SSSR count). The number of fused-ring (bicyclic) bond motifs is 1. The number of esters is 1. The molecule has 0 aromatic heterocycles. The second-order valence-electron chi connectivity index (χ2n) is 6.60. The van der Waals surface area contributed by atoms with Crippen molar-refractivity contribution in [1.29, 1.82) is 0 Å². The van der Waals surface area contributed by atoms with Crippen molar-refractivity contribution in [3.63, 3.8) is 0 Å². The van der Waals surface area contributed by atoms with Gasteiger partial charge in [0, 0.05) is 33.8 Å². The fourth-order valence-corrected chi connectivity index (χ4v) is 4.51. The summed E-state index contributed by atoms with van der Waals surface area (Å²) in [6, 6.07) is 3.67. The van der Waals surface area contributed by atoms with Crippen LogP contribution in [0.15, 0.2) is 32.9 Å². The van der Waals surface area contributed by atoms with Crippen LogP contribution in [0.1, 0.15) is 37.7 Å². The van der Waals surface area contributed by atoms with Crippen molar-refractivity contribution in [2.45, 2.75) is 32.1 Å². The summed E-state index contributed by atoms with van der Waals surface area (Å²) in [6.07, 6.45) is 2.00. The largest absolute Gasteiger partial charge is 0.468 e. The molecule has 7 heteroatoms. The van der Waals surface area contributed by atoms with Gasteiger partial charge in [0.15, 0.2) is 17.3 Å². The van der Waals surface area contributed by atoms with Crippen LogP contribution < -0.4 is 9.47 Å². The van der Waals surface area contributed by atoms with Gasteiger partial charge in [0.2, 0.25) is 6.79 Å². The molecule has 1 aromatic carbocycles. The topological polar surface area (TPSA) is 74.2 Å². The van der Waals surface area contributed by atoms with Crippen LogP contribution in [0.2, 0.25) is 0 Å². The van der Waals surface area contributed by atoms with Crippen molar-refractivity contribution in [1.82, 2.24) is 0 Å². The van der Waals surface area contributed by atoms with Crippen LogP contribution in [0.3, 0.4) is 0 Å². The molecule has 136 valence electrons. The Hall–Kier alpha value is -2.15. The number of ether oxygens (including phenoxy) is 3. The van der Waals surface area contributed by atoms with Gasteiger partial charge in [-0.1, -0.05) is 15.9 Å². The average molecular weight is 420 g/mol. The van der Waals surface area contributed by atoms with E-state index < -0.39 is 17.8 Å². The number of aliphatic imine (C=N–C) groups is 1. The molecule has 2 aliphatic heterocycles. The molecule has 0 saturated heterocycles. The van der Waals surface area contributed by atoms with E-state index in [-0.39, 0.29) is 12.6 Å². The zero-order chi connectivity index (χ0) is 18.4. The van der Waals surface area contributed by atoms with E-state index >= 15 is 0 Å². The number of hydrogen-bond acceptors (Lipinski definition) is 6. The second kappa shape index (κ2) is 6.54. The highest BCUT2D eigenvalue weighted by atomic mass is 79.9. The molecule has 1 unspecified atom stereocenters. The Balaban J connectivity index is 1.92. The summed E-state index contributed by atoms with van der Waals surface area (Å²) in [7, 11) is 1.36. The van der Waals surface area contributed by atoms with E-state index in [1.165, 1.54) is 7.11 Å². The van der Waals surface area contributed by atoms with Crippen LogP contribution in [0.4, 0.5) is 0 Å². The molecule has 1 aromatic rings. The lowest BCUT2D eigenvalue weighted by atomic mass is 9.71. The van der Waals surface area contributed by atoms with Crippen LogP contribution in [-0.2, 0) is 14.3 Å². The van der Waals surface area contributed by atoms with Crippen molar-refractivity contribution in [2.75, 3.05) is 13.9 Å². The average Bonchev–Trinajstić information content (AvgIpc) is 3.06. The Kier molecular flexibility index (Phi) is 4.34. The molecule has 0 saturated carbocycles. The minimum atomic E-state index is -0.641. The van der Waals surface area contributed by atoms with Crippen LogP contribution in [0.5, 0.6) is 11.5 Å². The Morgan fingerprint density at radius 2 is 2.00 bits per heavy atom. The number of carbonyl (C=O) groups excluding carboxylic acids is 2. The first-order valence-corrected chi connectivity index (χ1v) is 9.29. The number of allylic oxidation sites excluding steroid dienone is 2. The van der Waals surface area contributed by atoms with E-state index in [0.29, 0.717) is 29.2 Å². The molecule has 2 heterocycles. The first-order chi connectivity index (χ1) is 12.5. The van der Waals surface area contributed by atoms with Crippen LogP contribution in [0.25, 0.3) is 0 Å². The molecule has 0 bridgehead atoms. The standard InChI is InChI=1S/C19H18BrNO5/c1-9-16(19(23)24-2)17(18-12(21-9)4-3-5-13(18)22)10-6-14-15(7-11(10)20)26-8-25-14/h6-7,16-17H,3-5,8H2,1-2H3/t16?,17-/m0/s1. The SMILES string of the molecule is COC(=O)C1C(C)=NC2=C(C(=O)CCC2)[C@H]1c1cc2c(cc1Br)OCO2. The lowest BCUT2D eigenvalue weighted by Gasteiger charge is -2.34. The third kappa shape index (κ3) is 2.65. The van der Waals surface area contributed by atoms with Crippen molar-refractivity contribution < 1.29 is 23.8 Å². The smallest absolute Gasteiger partial charge is 0.315 e. The summed E-state index contributed by atoms with van der Waals surface area (Å²) in [5, 5.41) is 0. The number of nitrogens with zero attached hydrogens (tertiary/aromatic N) is 1. The Morgan fingerprint density at radius 1 is 1.27 bits per heavy atom. The Bertz CT molecular complexity index is 873. The minimum absolute atomic E-state index is 0.0472. The number of methoxy groups -OCH3 is 1. The van der Waals surface area contributed by atoms with Gasteiger partial charge in [0.05, 0.1) is 7.11 Å². The summed E-state index contributed by atoms with van der Waals surface area (Å²) < 4.78 is 16.7. The summed E-state index contributed by atoms with van der Waals surface area (Å²) >= 11 is 3.58. The molecular weight excluding hydrogens is 402 g/mol. The van der Waals surface area contributed by atoms with Gasteiger partial charge in [-0.15, -0.1) is 0 Å². The van der Waals surface area contributed by atoms with E-state index in [0.717, 1.165) is 28.6 Å². The molecule has 0 radical (unpaired) electrons. The van der Waals surface area contributed by atoms with Crippen molar-refractivity contribution >= 4 is 33.4 Å². The van der Waals surface area contributed by atoms with E-state index in [2.05, 4.69) is 20.9 Å². The van der Waals surface area contributed by atoms with E-state index in [4.69, 9.17) is 14.2 Å². The van der Waals surface area contributed by atoms with Crippen LogP contribution in [0, 0.1) is 5.92 Å². The molecule has 6 nitrogen and oxygen atoms in total. The van der Waals surface area contributed by atoms with Crippen LogP contribution in [-0.4, -0.2) is 31.4 Å². The van der Waals surface area contributed by atoms with E-state index in [9.17, 15) is 9.59 Å². The predicted octanol–water partition coefficient (Wildman–Crippen LogP) is 3.53. The fraction of sp³-hybridized carbons (Fsp3) is 0.421. The zero-order valence-corrected chi connectivity index (χ0v) is 16.1. The second-order valence-corrected chi connectivity index (χ2v) is 7.45. The van der Waals surface area contributed by atoms with E-state index in [1.807, 2.05) is 19.1 Å². The van der Waals surface area contributed by atoms with Gasteiger partial charge in [-0.25, -0.2) is 0 Å². The van der Waals surface area contributed by atoms with Gasteiger partial charge in [0.1, 0.15) is 5.92 Å². The third-order valence-corrected chi connectivity index (χ3v) is 5.80. The fourth-order valence-electron chi connectivity index (χ4n) is 3.95. The molecule has 0 amide bonds. The van der Waals surface area contributed by atoms with Crippen molar-refractivity contribution in [3.8, 4) is 11.5 Å². The number of Topliss-reactive ketones (excluding diaryl/α,β-unsaturated/α-hetero) is 1. The highest BCUT2D eigenvalue weighted by Gasteiger charge is 2.44. The molecule has 2 atom stereocenters. The van der Waals surface area contributed by atoms with Crippen LogP contribution >= 0.6 is 15.9 Å². The first-order valence-electron chi connectivity index (χ1n) is 8.49. The Labute approximate surface area is 159 Å². The molecule has 0 N–H and O–H groups in total. The number of benzene rings is 1. The van der Waals surface area contributed by atoms with E-state index in [1.54, 1.807) is 0 Å². The summed E-state index contributed by atoms with van der Waals surface area (Å²) in [5.74, 6) is -0.196. The van der Waals surface area contributed by atoms with Gasteiger partial charge >= 0.3 is 5.97 Å². The molecule has 0 fully saturated rings. The van der Waals surface area contributed by atoms with Gasteiger partial charge in [-0.05, 0) is 37.5 Å². The predicted molar refractivity (Wildman–Crippen MR) is 97.5 cm³/mol. The van der Waals surface area contributed by atoms with Gasteiger partial charge < -0.3 is 14.2 Å². The Morgan fingerprint density at radius 3 is 2.73 bits per heavy atom. The maximum absolute atomic E-state index is 12.8. The van der Waals surface area contributed by atoms with Gasteiger partial charge in [-0.2, -0.15) is 0 Å². The number of carbonyl (C=O) groups is 2. The van der Waals surface area contributed by atoms with Crippen molar-refractivity contribution in [2.24, 2.45) is 10.9 Å². The molecule has 26 heavy (non-hydrogen) atoms. The number of hydrogen-bond donors (Lipinski definition) is 0. The number of halogens is 1. The van der Waals surface area contributed by atoms with Crippen molar-refractivity contribution in [3.05, 3.63) is 33.4 Å². The number of rotatable bonds is 2. The third-order valence-electron chi connectivity index (χ3n) is 5.12.